The number of aromatic nitrogens is 2. The summed E-state index contributed by atoms with van der Waals surface area (Å²) in [7, 11) is 0. The Morgan fingerprint density at radius 3 is 2.52 bits per heavy atom. The van der Waals surface area contributed by atoms with Crippen molar-refractivity contribution in [2.24, 2.45) is 5.73 Å². The van der Waals surface area contributed by atoms with E-state index in [1.165, 1.54) is 18.2 Å². The number of carboxylic acids is 1. The van der Waals surface area contributed by atoms with Crippen LogP contribution in [0.5, 0.6) is 5.75 Å². The van der Waals surface area contributed by atoms with E-state index in [-0.39, 0.29) is 67.3 Å². The summed E-state index contributed by atoms with van der Waals surface area (Å²) in [6.07, 6.45) is -7.90. The molecule has 6 atom stereocenters. The highest BCUT2D eigenvalue weighted by Gasteiger charge is 2.48. The topological polar surface area (TPSA) is 291 Å². The van der Waals surface area contributed by atoms with Crippen molar-refractivity contribution >= 4 is 46.2 Å². The minimum absolute atomic E-state index is 0.0197. The van der Waals surface area contributed by atoms with Gasteiger partial charge in [0.25, 0.3) is 5.56 Å². The molecule has 1 saturated heterocycles. The van der Waals surface area contributed by atoms with E-state index in [2.05, 4.69) is 17.6 Å². The Morgan fingerprint density at radius 2 is 1.80 bits per heavy atom. The number of unbranched alkanes of at least 4 members (excludes halogenated alkanes) is 1. The molecule has 3 aliphatic rings. The molecule has 0 radical (unpaired) electrons. The van der Waals surface area contributed by atoms with Gasteiger partial charge in [-0.05, 0) is 66.8 Å². The summed E-state index contributed by atoms with van der Waals surface area (Å²) in [6, 6.07) is 11.1. The number of rotatable bonds is 13. The zero-order valence-corrected chi connectivity index (χ0v) is 32.7. The molecule has 0 aliphatic carbocycles. The molecule has 2 amide bonds. The Balaban J connectivity index is 1.11. The third-order valence-corrected chi connectivity index (χ3v) is 10.9. The molecule has 5 heterocycles. The molecule has 2 aromatic heterocycles. The number of aliphatic hydroxyl groups is 4. The Hall–Kier alpha value is -5.96. The molecule has 19 heteroatoms. The quantitative estimate of drug-likeness (QED) is 0.0784. The SMILES string of the molecule is CCCCc1c2c(nc3ccc(NC(=O)OCc4ccc(O[C@@H]5O[C@H](C(=O)O)[C@@H](O)[C@H](O)[C@H]5O)c(NC(=O)CCN)c4)cc13)-c1cc3c(c(=O)n1C2)COC(=O)[C@]3(O)CC. The molecule has 0 saturated carbocycles. The van der Waals surface area contributed by atoms with Crippen molar-refractivity contribution in [3.63, 3.8) is 0 Å². The van der Waals surface area contributed by atoms with Crippen LogP contribution in [0.15, 0.2) is 47.3 Å². The summed E-state index contributed by atoms with van der Waals surface area (Å²) in [5.41, 5.74) is 7.90. The second kappa shape index (κ2) is 17.0. The molecule has 3 aliphatic heterocycles. The lowest BCUT2D eigenvalue weighted by atomic mass is 9.86. The number of carbonyl (C=O) groups excluding carboxylic acids is 3. The van der Waals surface area contributed by atoms with Gasteiger partial charge in [-0.3, -0.25) is 14.9 Å². The number of nitrogens with zero attached hydrogens (tertiary/aromatic N) is 2. The zero-order valence-electron chi connectivity index (χ0n) is 32.7. The van der Waals surface area contributed by atoms with Gasteiger partial charge in [-0.2, -0.15) is 0 Å². The van der Waals surface area contributed by atoms with E-state index >= 15 is 0 Å². The lowest BCUT2D eigenvalue weighted by molar-refractivity contribution is -0.271. The summed E-state index contributed by atoms with van der Waals surface area (Å²) in [4.78, 5) is 68.6. The molecule has 9 N–H and O–H groups in total. The highest BCUT2D eigenvalue weighted by Crippen LogP contribution is 2.41. The Kier molecular flexibility index (Phi) is 11.9. The van der Waals surface area contributed by atoms with Gasteiger partial charge in [0.05, 0.1) is 34.7 Å². The molecule has 2 aromatic carbocycles. The average molecular weight is 832 g/mol. The van der Waals surface area contributed by atoms with Gasteiger partial charge in [-0.15, -0.1) is 0 Å². The van der Waals surface area contributed by atoms with Crippen molar-refractivity contribution in [3.8, 4) is 17.1 Å². The van der Waals surface area contributed by atoms with Crippen molar-refractivity contribution in [2.75, 3.05) is 17.2 Å². The van der Waals surface area contributed by atoms with E-state index in [9.17, 15) is 49.5 Å². The van der Waals surface area contributed by atoms with Crippen LogP contribution in [0.25, 0.3) is 22.3 Å². The summed E-state index contributed by atoms with van der Waals surface area (Å²) in [5, 5.41) is 57.5. The van der Waals surface area contributed by atoms with E-state index < -0.39 is 60.2 Å². The Bertz CT molecular complexity index is 2440. The van der Waals surface area contributed by atoms with Crippen LogP contribution in [0.3, 0.4) is 0 Å². The number of esters is 1. The molecule has 0 bridgehead atoms. The largest absolute Gasteiger partial charge is 0.479 e. The first-order valence-electron chi connectivity index (χ1n) is 19.5. The number of benzene rings is 2. The number of aliphatic carboxylic acids is 1. The van der Waals surface area contributed by atoms with E-state index in [1.54, 1.807) is 35.8 Å². The highest BCUT2D eigenvalue weighted by molar-refractivity contribution is 5.94. The second-order valence-electron chi connectivity index (χ2n) is 14.8. The van der Waals surface area contributed by atoms with Crippen LogP contribution in [0.1, 0.15) is 67.3 Å². The zero-order chi connectivity index (χ0) is 43.0. The number of hydrogen-bond acceptors (Lipinski definition) is 15. The van der Waals surface area contributed by atoms with Gasteiger partial charge in [-0.25, -0.2) is 19.4 Å². The van der Waals surface area contributed by atoms with Gasteiger partial charge < -0.3 is 60.1 Å². The molecule has 60 heavy (non-hydrogen) atoms. The number of aryl methyl sites for hydroxylation is 1. The number of carbonyl (C=O) groups is 4. The van der Waals surface area contributed by atoms with E-state index in [4.69, 9.17) is 29.7 Å². The monoisotopic (exact) mass is 831 g/mol. The Morgan fingerprint density at radius 1 is 1.02 bits per heavy atom. The van der Waals surface area contributed by atoms with Crippen LogP contribution in [-0.4, -0.2) is 96.3 Å². The Labute approximate surface area is 341 Å². The summed E-state index contributed by atoms with van der Waals surface area (Å²) >= 11 is 0. The number of amides is 2. The van der Waals surface area contributed by atoms with Crippen LogP contribution in [0, 0.1) is 0 Å². The molecule has 1 fully saturated rings. The number of hydrogen-bond donors (Lipinski definition) is 8. The lowest BCUT2D eigenvalue weighted by Crippen LogP contribution is -2.61. The maximum absolute atomic E-state index is 13.8. The van der Waals surface area contributed by atoms with Crippen LogP contribution < -0.4 is 26.7 Å². The van der Waals surface area contributed by atoms with Crippen LogP contribution in [-0.2, 0) is 60.4 Å². The number of fused-ring (bicyclic) bond motifs is 5. The fraction of sp³-hybridized carbons (Fsp3) is 0.415. The lowest BCUT2D eigenvalue weighted by Gasteiger charge is -2.38. The molecule has 318 valence electrons. The summed E-state index contributed by atoms with van der Waals surface area (Å²) in [6.45, 7) is 3.42. The van der Waals surface area contributed by atoms with Gasteiger partial charge in [0.1, 0.15) is 37.3 Å². The summed E-state index contributed by atoms with van der Waals surface area (Å²) in [5.74, 6) is -3.01. The normalized spacial score (nSPS) is 22.9. The molecule has 0 unspecified atom stereocenters. The van der Waals surface area contributed by atoms with Gasteiger partial charge in [0, 0.05) is 35.2 Å². The van der Waals surface area contributed by atoms with Gasteiger partial charge >= 0.3 is 18.0 Å². The number of anilines is 2. The van der Waals surface area contributed by atoms with Crippen molar-refractivity contribution in [1.29, 1.82) is 0 Å². The van der Waals surface area contributed by atoms with Crippen molar-refractivity contribution in [3.05, 3.63) is 80.6 Å². The number of cyclic esters (lactones) is 1. The van der Waals surface area contributed by atoms with Crippen LogP contribution >= 0.6 is 0 Å². The van der Waals surface area contributed by atoms with Gasteiger partial charge in [0.15, 0.2) is 11.7 Å². The van der Waals surface area contributed by atoms with Gasteiger partial charge in [-0.1, -0.05) is 26.3 Å². The fourth-order valence-corrected chi connectivity index (χ4v) is 7.67. The number of nitrogens with two attached hydrogens (primary N) is 1. The van der Waals surface area contributed by atoms with Crippen molar-refractivity contribution in [2.45, 2.75) is 102 Å². The second-order valence-corrected chi connectivity index (χ2v) is 14.8. The number of aliphatic hydroxyl groups excluding tert-OH is 3. The minimum Gasteiger partial charge on any atom is -0.479 e. The van der Waals surface area contributed by atoms with Crippen LogP contribution in [0.4, 0.5) is 16.2 Å². The fourth-order valence-electron chi connectivity index (χ4n) is 7.67. The third kappa shape index (κ3) is 7.78. The van der Waals surface area contributed by atoms with Gasteiger partial charge in [0.2, 0.25) is 12.2 Å². The molecular weight excluding hydrogens is 786 g/mol. The standard InChI is InChI=1S/C41H45N5O14/c1-3-5-6-21-22-14-20(8-9-26(22)45-31-23(21)16-46-28(31)15-25-24(36(46)51)18-57-39(54)41(25,56)4-2)43-40(55)58-17-19-7-10-29(27(13-19)44-30(47)11-12-42)59-38-34(50)32(48)33(49)35(60-38)37(52)53/h7-10,13-15,32-35,38,48-50,56H,3-6,11-12,16-18,42H2,1-2H3,(H,43,55)(H,44,47)(H,52,53)/t32-,33-,34+,35-,38+,41-/m0/s1. The van der Waals surface area contributed by atoms with E-state index in [1.807, 2.05) is 0 Å². The molecule has 7 rings (SSSR count). The van der Waals surface area contributed by atoms with Crippen molar-refractivity contribution in [1.82, 2.24) is 9.55 Å². The maximum Gasteiger partial charge on any atom is 0.411 e. The minimum atomic E-state index is -1.95. The van der Waals surface area contributed by atoms with Crippen molar-refractivity contribution < 1.29 is 63.7 Å². The van der Waals surface area contributed by atoms with E-state index in [0.717, 1.165) is 29.4 Å². The smallest absolute Gasteiger partial charge is 0.411 e. The first kappa shape index (κ1) is 42.2. The van der Waals surface area contributed by atoms with Crippen LogP contribution in [0.2, 0.25) is 0 Å². The first-order valence-corrected chi connectivity index (χ1v) is 19.5. The number of pyridine rings is 2. The number of carboxylic acid groups (broad SMARTS) is 1. The highest BCUT2D eigenvalue weighted by atomic mass is 16.7. The predicted octanol–water partition coefficient (Wildman–Crippen LogP) is 1.73. The van der Waals surface area contributed by atoms with E-state index in [0.29, 0.717) is 34.6 Å². The molecular formula is C41H45N5O14. The molecule has 4 aromatic rings. The molecule has 0 spiro atoms. The maximum atomic E-state index is 13.8. The number of ether oxygens (including phenoxy) is 4. The average Bonchev–Trinajstić information content (AvgIpc) is 3.59. The first-order chi connectivity index (χ1) is 28.7. The molecule has 19 nitrogen and oxygen atoms in total. The third-order valence-electron chi connectivity index (χ3n) is 10.9. The predicted molar refractivity (Wildman–Crippen MR) is 211 cm³/mol. The number of nitrogens with one attached hydrogen (secondary N) is 2. The summed E-state index contributed by atoms with van der Waals surface area (Å²) < 4.78 is 23.2.